The molecule has 0 aliphatic heterocycles. The number of fused-ring (bicyclic) bond motifs is 1. The Morgan fingerprint density at radius 3 is 2.72 bits per heavy atom. The second-order valence-corrected chi connectivity index (χ2v) is 5.88. The van der Waals surface area contributed by atoms with E-state index in [2.05, 4.69) is 13.5 Å². The zero-order chi connectivity index (χ0) is 13.6. The van der Waals surface area contributed by atoms with Gasteiger partial charge in [0.05, 0.1) is 0 Å². The van der Waals surface area contributed by atoms with Crippen molar-refractivity contribution in [1.82, 2.24) is 0 Å². The number of aliphatic hydroxyl groups is 1. The first-order chi connectivity index (χ1) is 8.40. The van der Waals surface area contributed by atoms with Gasteiger partial charge in [-0.2, -0.15) is 0 Å². The van der Waals surface area contributed by atoms with Crippen molar-refractivity contribution in [3.8, 4) is 0 Å². The van der Waals surface area contributed by atoms with Crippen LogP contribution < -0.4 is 0 Å². The standard InChI is InChI=1S/C15H20O3/c1-10-6-7-14(3)13(11(10)2)5-4-12(8-16)15(14,18)9-17/h4,8-10,13,18H,2,5-7H2,1,3H3. The second-order valence-electron chi connectivity index (χ2n) is 5.88. The number of rotatable bonds is 2. The summed E-state index contributed by atoms with van der Waals surface area (Å²) in [5.74, 6) is 0.477. The quantitative estimate of drug-likeness (QED) is 0.601. The Kier molecular flexibility index (Phi) is 3.06. The third-order valence-electron chi connectivity index (χ3n) is 5.13. The van der Waals surface area contributed by atoms with Crippen molar-refractivity contribution in [2.24, 2.45) is 17.3 Å². The maximum absolute atomic E-state index is 11.4. The molecule has 1 saturated carbocycles. The first kappa shape index (κ1) is 13.2. The van der Waals surface area contributed by atoms with Gasteiger partial charge in [0.2, 0.25) is 0 Å². The van der Waals surface area contributed by atoms with Gasteiger partial charge < -0.3 is 5.11 Å². The van der Waals surface area contributed by atoms with Gasteiger partial charge >= 0.3 is 0 Å². The number of hydrogen-bond donors (Lipinski definition) is 1. The van der Waals surface area contributed by atoms with Crippen LogP contribution in [0.5, 0.6) is 0 Å². The van der Waals surface area contributed by atoms with Crippen molar-refractivity contribution < 1.29 is 14.7 Å². The van der Waals surface area contributed by atoms with Gasteiger partial charge in [0.1, 0.15) is 6.29 Å². The Hall–Kier alpha value is -1.22. The normalized spacial score (nSPS) is 43.9. The average molecular weight is 248 g/mol. The molecule has 0 radical (unpaired) electrons. The van der Waals surface area contributed by atoms with Crippen molar-refractivity contribution in [3.05, 3.63) is 23.8 Å². The lowest BCUT2D eigenvalue weighted by molar-refractivity contribution is -0.144. The fourth-order valence-corrected chi connectivity index (χ4v) is 3.57. The topological polar surface area (TPSA) is 54.4 Å². The van der Waals surface area contributed by atoms with Crippen molar-refractivity contribution in [1.29, 1.82) is 0 Å². The van der Waals surface area contributed by atoms with Gasteiger partial charge in [0, 0.05) is 11.0 Å². The molecule has 0 heterocycles. The van der Waals surface area contributed by atoms with Crippen LogP contribution in [0.1, 0.15) is 33.1 Å². The maximum atomic E-state index is 11.4. The van der Waals surface area contributed by atoms with E-state index in [1.807, 2.05) is 6.92 Å². The fraction of sp³-hybridized carbons (Fsp3) is 0.600. The molecule has 0 aromatic heterocycles. The molecule has 1 N–H and O–H groups in total. The first-order valence-electron chi connectivity index (χ1n) is 6.44. The van der Waals surface area contributed by atoms with E-state index in [1.54, 1.807) is 6.08 Å². The maximum Gasteiger partial charge on any atom is 0.156 e. The number of carbonyl (C=O) groups is 2. The second kappa shape index (κ2) is 4.16. The smallest absolute Gasteiger partial charge is 0.156 e. The van der Waals surface area contributed by atoms with Crippen LogP contribution in [0.3, 0.4) is 0 Å². The predicted molar refractivity (Wildman–Crippen MR) is 68.9 cm³/mol. The lowest BCUT2D eigenvalue weighted by atomic mass is 9.51. The summed E-state index contributed by atoms with van der Waals surface area (Å²) in [6.45, 7) is 8.16. The molecule has 98 valence electrons. The first-order valence-corrected chi connectivity index (χ1v) is 6.44. The summed E-state index contributed by atoms with van der Waals surface area (Å²) < 4.78 is 0. The van der Waals surface area contributed by atoms with Crippen LogP contribution in [-0.2, 0) is 9.59 Å². The SMILES string of the molecule is C=C1C(C)CCC2(C)C1CC=C(C=O)C2(O)C=O. The van der Waals surface area contributed by atoms with Crippen LogP contribution in [-0.4, -0.2) is 23.3 Å². The van der Waals surface area contributed by atoms with Gasteiger partial charge in [0.15, 0.2) is 11.9 Å². The van der Waals surface area contributed by atoms with Crippen LogP contribution in [0.15, 0.2) is 23.8 Å². The molecule has 0 aromatic carbocycles. The highest BCUT2D eigenvalue weighted by atomic mass is 16.3. The highest BCUT2D eigenvalue weighted by Gasteiger charge is 2.58. The summed E-state index contributed by atoms with van der Waals surface area (Å²) in [7, 11) is 0. The highest BCUT2D eigenvalue weighted by molar-refractivity contribution is 5.88. The van der Waals surface area contributed by atoms with Gasteiger partial charge in [-0.25, -0.2) is 0 Å². The molecule has 2 aliphatic rings. The van der Waals surface area contributed by atoms with E-state index < -0.39 is 11.0 Å². The zero-order valence-electron chi connectivity index (χ0n) is 11.0. The molecule has 0 spiro atoms. The van der Waals surface area contributed by atoms with Crippen molar-refractivity contribution in [2.45, 2.75) is 38.7 Å². The number of allylic oxidation sites excluding steroid dienone is 2. The molecule has 0 saturated heterocycles. The van der Waals surface area contributed by atoms with Crippen LogP contribution in [0.25, 0.3) is 0 Å². The monoisotopic (exact) mass is 248 g/mol. The molecule has 0 aromatic rings. The molecular formula is C15H20O3. The molecule has 18 heavy (non-hydrogen) atoms. The summed E-state index contributed by atoms with van der Waals surface area (Å²) >= 11 is 0. The third kappa shape index (κ3) is 1.46. The molecule has 0 bridgehead atoms. The highest BCUT2D eigenvalue weighted by Crippen LogP contribution is 2.56. The molecule has 2 rings (SSSR count). The minimum atomic E-state index is -1.67. The molecule has 4 atom stereocenters. The van der Waals surface area contributed by atoms with Crippen molar-refractivity contribution >= 4 is 12.6 Å². The summed E-state index contributed by atoms with van der Waals surface area (Å²) in [5.41, 5.74) is -0.979. The van der Waals surface area contributed by atoms with Crippen LogP contribution in [0, 0.1) is 17.3 Å². The minimum Gasteiger partial charge on any atom is -0.377 e. The number of hydrogen-bond acceptors (Lipinski definition) is 3. The zero-order valence-corrected chi connectivity index (χ0v) is 11.0. The molecule has 3 nitrogen and oxygen atoms in total. The molecule has 4 unspecified atom stereocenters. The van der Waals surface area contributed by atoms with Gasteiger partial charge in [-0.15, -0.1) is 0 Å². The van der Waals surface area contributed by atoms with Gasteiger partial charge in [0.25, 0.3) is 0 Å². The Bertz CT molecular complexity index is 437. The molecular weight excluding hydrogens is 228 g/mol. The fourth-order valence-electron chi connectivity index (χ4n) is 3.57. The van der Waals surface area contributed by atoms with Gasteiger partial charge in [-0.1, -0.05) is 32.1 Å². The van der Waals surface area contributed by atoms with Crippen LogP contribution >= 0.6 is 0 Å². The van der Waals surface area contributed by atoms with E-state index in [4.69, 9.17) is 0 Å². The summed E-state index contributed by atoms with van der Waals surface area (Å²) in [6.07, 6.45) is 5.15. The number of aldehydes is 2. The summed E-state index contributed by atoms with van der Waals surface area (Å²) in [4.78, 5) is 22.5. The number of carbonyl (C=O) groups excluding carboxylic acids is 2. The predicted octanol–water partition coefficient (Wildman–Crippen LogP) is 2.05. The van der Waals surface area contributed by atoms with Crippen LogP contribution in [0.2, 0.25) is 0 Å². The van der Waals surface area contributed by atoms with E-state index in [0.717, 1.165) is 18.4 Å². The average Bonchev–Trinajstić information content (AvgIpc) is 2.37. The van der Waals surface area contributed by atoms with E-state index in [9.17, 15) is 14.7 Å². The third-order valence-corrected chi connectivity index (χ3v) is 5.13. The Morgan fingerprint density at radius 1 is 1.50 bits per heavy atom. The largest absolute Gasteiger partial charge is 0.377 e. The van der Waals surface area contributed by atoms with E-state index in [1.165, 1.54) is 0 Å². The van der Waals surface area contributed by atoms with Crippen LogP contribution in [0.4, 0.5) is 0 Å². The van der Waals surface area contributed by atoms with E-state index in [0.29, 0.717) is 24.9 Å². The van der Waals surface area contributed by atoms with E-state index >= 15 is 0 Å². The Balaban J connectivity index is 2.55. The Labute approximate surface area is 108 Å². The molecule has 3 heteroatoms. The van der Waals surface area contributed by atoms with Crippen molar-refractivity contribution in [2.75, 3.05) is 0 Å². The van der Waals surface area contributed by atoms with E-state index in [-0.39, 0.29) is 11.5 Å². The Morgan fingerprint density at radius 2 is 2.17 bits per heavy atom. The summed E-state index contributed by atoms with van der Waals surface area (Å²) in [5, 5.41) is 10.7. The summed E-state index contributed by atoms with van der Waals surface area (Å²) in [6, 6.07) is 0. The lowest BCUT2D eigenvalue weighted by Crippen LogP contribution is -2.58. The minimum absolute atomic E-state index is 0.0696. The van der Waals surface area contributed by atoms with Gasteiger partial charge in [-0.3, -0.25) is 9.59 Å². The van der Waals surface area contributed by atoms with Gasteiger partial charge in [-0.05, 0) is 31.1 Å². The molecule has 2 aliphatic carbocycles. The molecule has 1 fully saturated rings. The lowest BCUT2D eigenvalue weighted by Gasteiger charge is -2.54. The van der Waals surface area contributed by atoms with Crippen molar-refractivity contribution in [3.63, 3.8) is 0 Å². The molecule has 0 amide bonds.